The molecule has 0 saturated carbocycles. The van der Waals surface area contributed by atoms with Gasteiger partial charge in [-0.05, 0) is 50.1 Å². The molecule has 35 heavy (non-hydrogen) atoms. The van der Waals surface area contributed by atoms with Crippen molar-refractivity contribution in [1.29, 1.82) is 0 Å². The molecule has 1 amide bonds. The molecular formula is C26H31N7O2. The Labute approximate surface area is 203 Å². The van der Waals surface area contributed by atoms with E-state index in [0.717, 1.165) is 62.4 Å². The van der Waals surface area contributed by atoms with Gasteiger partial charge in [0.15, 0.2) is 5.65 Å². The summed E-state index contributed by atoms with van der Waals surface area (Å²) in [5, 5.41) is 10.3. The molecule has 2 aliphatic heterocycles. The molecule has 6 rings (SSSR count). The maximum absolute atomic E-state index is 13.8. The number of aryl methyl sites for hydroxylation is 1. The molecule has 2 saturated heterocycles. The van der Waals surface area contributed by atoms with Gasteiger partial charge in [0.1, 0.15) is 17.0 Å². The summed E-state index contributed by atoms with van der Waals surface area (Å²) in [4.78, 5) is 34.4. The number of hydrogen-bond acceptors (Lipinski definition) is 6. The van der Waals surface area contributed by atoms with Crippen molar-refractivity contribution in [2.24, 2.45) is 7.05 Å². The lowest BCUT2D eigenvalue weighted by Crippen LogP contribution is -2.43. The molecule has 1 aromatic carbocycles. The summed E-state index contributed by atoms with van der Waals surface area (Å²) < 4.78 is 3.91. The van der Waals surface area contributed by atoms with Crippen molar-refractivity contribution < 1.29 is 4.79 Å². The van der Waals surface area contributed by atoms with Crippen LogP contribution >= 0.6 is 0 Å². The first-order chi connectivity index (χ1) is 17.1. The third kappa shape index (κ3) is 3.75. The Morgan fingerprint density at radius 3 is 2.69 bits per heavy atom. The van der Waals surface area contributed by atoms with Crippen LogP contribution in [-0.2, 0) is 7.05 Å². The van der Waals surface area contributed by atoms with E-state index in [9.17, 15) is 9.59 Å². The van der Waals surface area contributed by atoms with Gasteiger partial charge >= 0.3 is 0 Å². The molecule has 4 aromatic rings. The van der Waals surface area contributed by atoms with Crippen molar-refractivity contribution in [3.8, 4) is 0 Å². The van der Waals surface area contributed by atoms with Gasteiger partial charge in [0.2, 0.25) is 5.43 Å². The van der Waals surface area contributed by atoms with Crippen LogP contribution in [-0.4, -0.2) is 65.2 Å². The quantitative estimate of drug-likeness (QED) is 0.408. The van der Waals surface area contributed by atoms with E-state index in [1.54, 1.807) is 0 Å². The smallest absolute Gasteiger partial charge is 0.259 e. The highest BCUT2D eigenvalue weighted by molar-refractivity contribution is 6.05. The molecule has 1 atom stereocenters. The van der Waals surface area contributed by atoms with E-state index >= 15 is 0 Å². The number of imidazole rings is 1. The Morgan fingerprint density at radius 2 is 1.91 bits per heavy atom. The van der Waals surface area contributed by atoms with Crippen LogP contribution in [0.25, 0.3) is 27.7 Å². The van der Waals surface area contributed by atoms with Gasteiger partial charge in [-0.3, -0.25) is 14.0 Å². The van der Waals surface area contributed by atoms with Gasteiger partial charge in [-0.1, -0.05) is 12.1 Å². The number of nitrogens with zero attached hydrogens (tertiary/aromatic N) is 4. The Balaban J connectivity index is 1.51. The number of para-hydroxylation sites is 2. The molecule has 1 unspecified atom stereocenters. The van der Waals surface area contributed by atoms with Gasteiger partial charge < -0.3 is 25.4 Å². The Morgan fingerprint density at radius 1 is 1.11 bits per heavy atom. The van der Waals surface area contributed by atoms with Crippen LogP contribution < -0.4 is 26.3 Å². The maximum Gasteiger partial charge on any atom is 0.259 e. The van der Waals surface area contributed by atoms with E-state index in [4.69, 9.17) is 4.98 Å². The van der Waals surface area contributed by atoms with E-state index < -0.39 is 0 Å². The minimum absolute atomic E-state index is 0.173. The maximum atomic E-state index is 13.8. The average molecular weight is 474 g/mol. The summed E-state index contributed by atoms with van der Waals surface area (Å²) in [5.74, 6) is 0.519. The van der Waals surface area contributed by atoms with Crippen molar-refractivity contribution in [1.82, 2.24) is 29.9 Å². The number of amides is 1. The zero-order valence-corrected chi connectivity index (χ0v) is 20.0. The van der Waals surface area contributed by atoms with E-state index in [-0.39, 0.29) is 16.9 Å². The predicted octanol–water partition coefficient (Wildman–Crippen LogP) is 1.62. The van der Waals surface area contributed by atoms with Crippen molar-refractivity contribution in [2.75, 3.05) is 44.2 Å². The summed E-state index contributed by atoms with van der Waals surface area (Å²) in [7, 11) is 1.91. The second kappa shape index (κ2) is 8.98. The summed E-state index contributed by atoms with van der Waals surface area (Å²) in [6.07, 6.45) is 3.15. The zero-order chi connectivity index (χ0) is 23.9. The molecule has 0 aliphatic carbocycles. The number of carbonyl (C=O) groups excluding carboxylic acids is 1. The number of pyridine rings is 2. The molecule has 2 aliphatic rings. The van der Waals surface area contributed by atoms with Crippen molar-refractivity contribution in [3.63, 3.8) is 0 Å². The molecule has 9 nitrogen and oxygen atoms in total. The minimum atomic E-state index is -0.329. The largest absolute Gasteiger partial charge is 0.354 e. The van der Waals surface area contributed by atoms with Crippen LogP contribution in [0.2, 0.25) is 0 Å². The molecule has 3 N–H and O–H groups in total. The van der Waals surface area contributed by atoms with Crippen LogP contribution in [0.1, 0.15) is 29.6 Å². The fourth-order valence-corrected chi connectivity index (χ4v) is 5.56. The van der Waals surface area contributed by atoms with Gasteiger partial charge in [0.05, 0.1) is 16.4 Å². The monoisotopic (exact) mass is 473 g/mol. The van der Waals surface area contributed by atoms with E-state index in [1.165, 1.54) is 6.42 Å². The Kier molecular flexibility index (Phi) is 5.66. The van der Waals surface area contributed by atoms with Crippen molar-refractivity contribution in [2.45, 2.75) is 25.3 Å². The lowest BCUT2D eigenvalue weighted by molar-refractivity contribution is 0.0952. The Bertz CT molecular complexity index is 1480. The predicted molar refractivity (Wildman–Crippen MR) is 139 cm³/mol. The molecular weight excluding hydrogens is 442 g/mol. The lowest BCUT2D eigenvalue weighted by atomic mass is 10.1. The highest BCUT2D eigenvalue weighted by Gasteiger charge is 2.25. The van der Waals surface area contributed by atoms with Gasteiger partial charge in [0, 0.05) is 45.8 Å². The first-order valence-electron chi connectivity index (χ1n) is 12.5. The summed E-state index contributed by atoms with van der Waals surface area (Å²) in [5.41, 5.74) is 2.92. The first-order valence-corrected chi connectivity index (χ1v) is 12.5. The molecule has 182 valence electrons. The molecule has 0 bridgehead atoms. The second-order valence-electron chi connectivity index (χ2n) is 9.53. The number of rotatable bonds is 5. The number of nitrogens with one attached hydrogen (secondary N) is 3. The number of carbonyl (C=O) groups is 1. The third-order valence-electron chi connectivity index (χ3n) is 7.39. The van der Waals surface area contributed by atoms with Gasteiger partial charge in [0.25, 0.3) is 5.91 Å². The topological polar surface area (TPSA) is 95.7 Å². The number of piperazine rings is 1. The van der Waals surface area contributed by atoms with E-state index in [1.807, 2.05) is 52.4 Å². The van der Waals surface area contributed by atoms with Gasteiger partial charge in [-0.25, -0.2) is 4.98 Å². The molecule has 9 heteroatoms. The molecule has 0 spiro atoms. The highest BCUT2D eigenvalue weighted by atomic mass is 16.2. The Hall–Kier alpha value is -3.43. The standard InChI is InChI=1S/C26H31N7O2/c1-31-19-6-2-3-7-20(19)33-24-18(8-9-21(30-24)32-15-13-27-14-16-32)23(34)22(26(31)33)25(35)29-12-10-17-5-4-11-28-17/h2-3,6-9,17,27-28H,4-5,10-16H2,1H3,(H,29,35). The first kappa shape index (κ1) is 22.1. The lowest BCUT2D eigenvalue weighted by Gasteiger charge is -2.28. The van der Waals surface area contributed by atoms with Gasteiger partial charge in [-0.2, -0.15) is 0 Å². The fourth-order valence-electron chi connectivity index (χ4n) is 5.56. The van der Waals surface area contributed by atoms with Crippen molar-refractivity contribution in [3.05, 3.63) is 52.2 Å². The van der Waals surface area contributed by atoms with Crippen LogP contribution in [0, 0.1) is 0 Å². The highest BCUT2D eigenvalue weighted by Crippen LogP contribution is 2.27. The van der Waals surface area contributed by atoms with Crippen LogP contribution in [0.3, 0.4) is 0 Å². The number of hydrogen-bond donors (Lipinski definition) is 3. The minimum Gasteiger partial charge on any atom is -0.354 e. The van der Waals surface area contributed by atoms with Crippen molar-refractivity contribution >= 4 is 39.4 Å². The molecule has 0 radical (unpaired) electrons. The van der Waals surface area contributed by atoms with E-state index in [2.05, 4.69) is 20.9 Å². The average Bonchev–Trinajstić information content (AvgIpc) is 3.51. The number of anilines is 1. The van der Waals surface area contributed by atoms with E-state index in [0.29, 0.717) is 29.3 Å². The van der Waals surface area contributed by atoms with Crippen LogP contribution in [0.15, 0.2) is 41.2 Å². The zero-order valence-electron chi connectivity index (χ0n) is 20.0. The number of fused-ring (bicyclic) bond motifs is 5. The molecule has 2 fully saturated rings. The second-order valence-corrected chi connectivity index (χ2v) is 9.53. The molecule has 5 heterocycles. The molecule has 3 aromatic heterocycles. The fraction of sp³-hybridized carbons (Fsp3) is 0.423. The SMILES string of the molecule is Cn1c2ccccc2n2c3nc(N4CCNCC4)ccc3c(=O)c(C(=O)NCCC3CCCN3)c12. The summed E-state index contributed by atoms with van der Waals surface area (Å²) in [6.45, 7) is 5.09. The number of aromatic nitrogens is 3. The van der Waals surface area contributed by atoms with Crippen LogP contribution in [0.5, 0.6) is 0 Å². The van der Waals surface area contributed by atoms with Crippen LogP contribution in [0.4, 0.5) is 5.82 Å². The third-order valence-corrected chi connectivity index (χ3v) is 7.39. The summed E-state index contributed by atoms with van der Waals surface area (Å²) >= 11 is 0. The number of benzene rings is 1. The summed E-state index contributed by atoms with van der Waals surface area (Å²) in [6, 6.07) is 12.1. The normalized spacial score (nSPS) is 18.7. The van der Waals surface area contributed by atoms with Gasteiger partial charge in [-0.15, -0.1) is 0 Å².